The third-order valence-corrected chi connectivity index (χ3v) is 6.64. The summed E-state index contributed by atoms with van der Waals surface area (Å²) in [5.41, 5.74) is 1.69. The van der Waals surface area contributed by atoms with Gasteiger partial charge >= 0.3 is 0 Å². The van der Waals surface area contributed by atoms with Crippen molar-refractivity contribution >= 4 is 0 Å². The molecule has 0 fully saturated rings. The molecular formula is C27H44O. The van der Waals surface area contributed by atoms with E-state index in [1.165, 1.54) is 44.1 Å². The van der Waals surface area contributed by atoms with Crippen molar-refractivity contribution in [2.24, 2.45) is 11.3 Å². The average molecular weight is 385 g/mol. The Morgan fingerprint density at radius 1 is 0.857 bits per heavy atom. The first kappa shape index (κ1) is 23.2. The van der Waals surface area contributed by atoms with E-state index in [2.05, 4.69) is 70.2 Å². The Hall–Kier alpha value is -1.08. The van der Waals surface area contributed by atoms with Gasteiger partial charge in [-0.15, -0.1) is 0 Å². The molecule has 0 amide bonds. The summed E-state index contributed by atoms with van der Waals surface area (Å²) in [6.45, 7) is 10.2. The minimum absolute atomic E-state index is 0.0103. The first-order chi connectivity index (χ1) is 13.4. The lowest BCUT2D eigenvalue weighted by Crippen LogP contribution is -2.39. The first-order valence-corrected chi connectivity index (χ1v) is 11.7. The van der Waals surface area contributed by atoms with E-state index in [-0.39, 0.29) is 11.0 Å². The van der Waals surface area contributed by atoms with Gasteiger partial charge in [0.2, 0.25) is 0 Å². The van der Waals surface area contributed by atoms with Crippen LogP contribution in [-0.4, -0.2) is 12.2 Å². The van der Waals surface area contributed by atoms with Crippen LogP contribution in [0.1, 0.15) is 98.3 Å². The Morgan fingerprint density at radius 3 is 2.46 bits per heavy atom. The maximum absolute atomic E-state index is 6.74. The molecule has 0 bridgehead atoms. The molecule has 0 radical (unpaired) electrons. The van der Waals surface area contributed by atoms with Gasteiger partial charge in [0.05, 0.1) is 5.60 Å². The van der Waals surface area contributed by atoms with Crippen molar-refractivity contribution in [3.8, 4) is 0 Å². The van der Waals surface area contributed by atoms with Crippen LogP contribution in [0.5, 0.6) is 0 Å². The largest absolute Gasteiger partial charge is 0.375 e. The Kier molecular flexibility index (Phi) is 9.79. The van der Waals surface area contributed by atoms with Crippen LogP contribution in [0.2, 0.25) is 0 Å². The molecule has 1 aliphatic carbocycles. The summed E-state index contributed by atoms with van der Waals surface area (Å²) < 4.78 is 6.74. The number of ether oxygens (including phenoxy) is 1. The molecule has 1 nitrogen and oxygen atoms in total. The fraction of sp³-hybridized carbons (Fsp3) is 0.704. The molecule has 0 saturated carbocycles. The topological polar surface area (TPSA) is 9.23 Å². The van der Waals surface area contributed by atoms with Gasteiger partial charge in [-0.3, -0.25) is 0 Å². The Bertz CT molecular complexity index is 563. The summed E-state index contributed by atoms with van der Waals surface area (Å²) in [6.07, 6.45) is 29.7. The Balaban J connectivity index is 2.13. The Morgan fingerprint density at radius 2 is 1.64 bits per heavy atom. The number of hydrogen-bond acceptors (Lipinski definition) is 1. The molecule has 0 spiro atoms. The fourth-order valence-electron chi connectivity index (χ4n) is 4.49. The molecule has 1 heterocycles. The number of allylic oxidation sites excluding steroid dienone is 8. The van der Waals surface area contributed by atoms with Crippen LogP contribution in [0.4, 0.5) is 0 Å². The highest BCUT2D eigenvalue weighted by molar-refractivity contribution is 5.08. The molecule has 0 aromatic heterocycles. The first-order valence-electron chi connectivity index (χ1n) is 11.7. The second-order valence-corrected chi connectivity index (χ2v) is 9.83. The predicted molar refractivity (Wildman–Crippen MR) is 124 cm³/mol. The zero-order valence-electron chi connectivity index (χ0n) is 19.0. The molecule has 2 unspecified atom stereocenters. The summed E-state index contributed by atoms with van der Waals surface area (Å²) >= 11 is 0. The molecule has 158 valence electrons. The maximum Gasteiger partial charge on any atom is 0.0685 e. The number of rotatable bonds is 1. The fourth-order valence-corrected chi connectivity index (χ4v) is 4.49. The maximum atomic E-state index is 6.74. The van der Waals surface area contributed by atoms with Gasteiger partial charge in [-0.25, -0.2) is 0 Å². The van der Waals surface area contributed by atoms with Crippen LogP contribution < -0.4 is 0 Å². The summed E-state index contributed by atoms with van der Waals surface area (Å²) in [5, 5.41) is 0. The summed E-state index contributed by atoms with van der Waals surface area (Å²) in [5.74, 6) is 0.649. The molecular weight excluding hydrogens is 340 g/mol. The van der Waals surface area contributed by atoms with Crippen molar-refractivity contribution < 1.29 is 4.74 Å². The lowest BCUT2D eigenvalue weighted by atomic mass is 9.78. The third-order valence-electron chi connectivity index (χ3n) is 6.64. The van der Waals surface area contributed by atoms with Crippen LogP contribution >= 0.6 is 0 Å². The van der Waals surface area contributed by atoms with E-state index in [0.717, 1.165) is 38.7 Å². The van der Waals surface area contributed by atoms with Gasteiger partial charge in [0, 0.05) is 6.61 Å². The number of hydrogen-bond donors (Lipinski definition) is 0. The van der Waals surface area contributed by atoms with E-state index in [1.54, 1.807) is 0 Å². The van der Waals surface area contributed by atoms with Gasteiger partial charge in [-0.05, 0) is 89.4 Å². The van der Waals surface area contributed by atoms with Crippen molar-refractivity contribution in [1.29, 1.82) is 0 Å². The van der Waals surface area contributed by atoms with Gasteiger partial charge in [-0.2, -0.15) is 0 Å². The lowest BCUT2D eigenvalue weighted by molar-refractivity contribution is -0.0892. The standard InChI is InChI=1S/C27H44O/c1-24-16-14-20-26(2,3)22-23-28-27(4,21-15-17-24)25-18-12-10-8-6-5-7-9-11-13-19-25/h5-6,9,11,14,17,20,25H,7-8,10,12-13,15-16,18-19,21-23H2,1-4H3. The smallest absolute Gasteiger partial charge is 0.0685 e. The molecule has 0 N–H and O–H groups in total. The lowest BCUT2D eigenvalue weighted by Gasteiger charge is -2.39. The summed E-state index contributed by atoms with van der Waals surface area (Å²) in [4.78, 5) is 0. The van der Waals surface area contributed by atoms with Crippen LogP contribution in [0.15, 0.2) is 48.1 Å². The second kappa shape index (κ2) is 11.8. The highest BCUT2D eigenvalue weighted by atomic mass is 16.5. The van der Waals surface area contributed by atoms with Crippen molar-refractivity contribution in [2.45, 2.75) is 104 Å². The Labute approximate surface area is 175 Å². The quantitative estimate of drug-likeness (QED) is 0.413. The summed E-state index contributed by atoms with van der Waals surface area (Å²) in [7, 11) is 0. The zero-order chi connectivity index (χ0) is 20.3. The average Bonchev–Trinajstić information content (AvgIpc) is 2.61. The minimum Gasteiger partial charge on any atom is -0.375 e. The van der Waals surface area contributed by atoms with Gasteiger partial charge in [0.25, 0.3) is 0 Å². The second-order valence-electron chi connectivity index (χ2n) is 9.83. The van der Waals surface area contributed by atoms with E-state index < -0.39 is 0 Å². The van der Waals surface area contributed by atoms with Gasteiger partial charge < -0.3 is 4.74 Å². The normalized spacial score (nSPS) is 31.0. The SMILES string of the molecule is CC1=CCCC(C)(C2CCC=CCC=CCCCC2)OCCC(C)(C)C=CC1. The van der Waals surface area contributed by atoms with Crippen molar-refractivity contribution in [2.75, 3.05) is 6.61 Å². The molecule has 2 aliphatic rings. The van der Waals surface area contributed by atoms with E-state index >= 15 is 0 Å². The van der Waals surface area contributed by atoms with Gasteiger partial charge in [0.15, 0.2) is 0 Å². The molecule has 0 aromatic carbocycles. The van der Waals surface area contributed by atoms with Crippen LogP contribution in [0.25, 0.3) is 0 Å². The molecule has 0 aromatic rings. The van der Waals surface area contributed by atoms with Crippen LogP contribution in [-0.2, 0) is 4.74 Å². The molecule has 0 saturated heterocycles. The molecule has 28 heavy (non-hydrogen) atoms. The van der Waals surface area contributed by atoms with Crippen molar-refractivity contribution in [3.63, 3.8) is 0 Å². The van der Waals surface area contributed by atoms with E-state index in [4.69, 9.17) is 4.74 Å². The van der Waals surface area contributed by atoms with Crippen LogP contribution in [0.3, 0.4) is 0 Å². The van der Waals surface area contributed by atoms with E-state index in [1.807, 2.05) is 0 Å². The minimum atomic E-state index is -0.0103. The van der Waals surface area contributed by atoms with Crippen molar-refractivity contribution in [3.05, 3.63) is 48.1 Å². The molecule has 2 rings (SSSR count). The van der Waals surface area contributed by atoms with E-state index in [9.17, 15) is 0 Å². The third kappa shape index (κ3) is 8.52. The van der Waals surface area contributed by atoms with Gasteiger partial charge in [0.1, 0.15) is 0 Å². The molecule has 1 heteroatoms. The highest BCUT2D eigenvalue weighted by Crippen LogP contribution is 2.37. The van der Waals surface area contributed by atoms with Crippen molar-refractivity contribution in [1.82, 2.24) is 0 Å². The zero-order valence-corrected chi connectivity index (χ0v) is 19.0. The summed E-state index contributed by atoms with van der Waals surface area (Å²) in [6, 6.07) is 0. The van der Waals surface area contributed by atoms with Gasteiger partial charge in [-0.1, -0.05) is 68.4 Å². The molecule has 2 atom stereocenters. The van der Waals surface area contributed by atoms with E-state index in [0.29, 0.717) is 5.92 Å². The predicted octanol–water partition coefficient (Wildman–Crippen LogP) is 8.34. The molecule has 1 aliphatic heterocycles. The highest BCUT2D eigenvalue weighted by Gasteiger charge is 2.34. The van der Waals surface area contributed by atoms with Crippen LogP contribution in [0, 0.1) is 11.3 Å². The monoisotopic (exact) mass is 384 g/mol.